The average Bonchev–Trinajstić information content (AvgIpc) is 2.62. The molecule has 0 aliphatic heterocycles. The molecule has 0 saturated heterocycles. The van der Waals surface area contributed by atoms with Crippen molar-refractivity contribution in [2.75, 3.05) is 10.6 Å². The number of carbonyl (C=O) groups is 1. The van der Waals surface area contributed by atoms with Crippen molar-refractivity contribution >= 4 is 23.1 Å². The van der Waals surface area contributed by atoms with Gasteiger partial charge < -0.3 is 10.6 Å². The number of alkyl halides is 3. The molecule has 0 aliphatic carbocycles. The van der Waals surface area contributed by atoms with Crippen LogP contribution in [0.15, 0.2) is 60.9 Å². The fourth-order valence-electron chi connectivity index (χ4n) is 2.41. The molecule has 8 heteroatoms. The Morgan fingerprint density at radius 3 is 2.44 bits per heavy atom. The zero-order valence-corrected chi connectivity index (χ0v) is 14.2. The van der Waals surface area contributed by atoms with Gasteiger partial charge in [-0.1, -0.05) is 24.3 Å². The first-order chi connectivity index (χ1) is 12.8. The van der Waals surface area contributed by atoms with Crippen molar-refractivity contribution in [3.63, 3.8) is 0 Å². The molecule has 0 fully saturated rings. The predicted octanol–water partition coefficient (Wildman–Crippen LogP) is 4.80. The third kappa shape index (κ3) is 4.60. The van der Waals surface area contributed by atoms with Crippen LogP contribution in [0.25, 0.3) is 0 Å². The van der Waals surface area contributed by atoms with E-state index in [2.05, 4.69) is 20.6 Å². The third-order valence-electron chi connectivity index (χ3n) is 3.66. The topological polar surface area (TPSA) is 66.9 Å². The number of aromatic nitrogens is 2. The molecule has 0 aliphatic rings. The van der Waals surface area contributed by atoms with Gasteiger partial charge in [-0.25, -0.2) is 9.97 Å². The molecule has 2 N–H and O–H groups in total. The molecule has 3 rings (SSSR count). The zero-order chi connectivity index (χ0) is 19.4. The van der Waals surface area contributed by atoms with Crippen molar-refractivity contribution in [1.82, 2.24) is 9.97 Å². The molecule has 0 radical (unpaired) electrons. The van der Waals surface area contributed by atoms with E-state index in [9.17, 15) is 18.0 Å². The normalized spacial score (nSPS) is 11.1. The van der Waals surface area contributed by atoms with Crippen LogP contribution in [0.5, 0.6) is 0 Å². The van der Waals surface area contributed by atoms with E-state index in [4.69, 9.17) is 0 Å². The summed E-state index contributed by atoms with van der Waals surface area (Å²) in [5.41, 5.74) is 0.695. The number of amides is 1. The van der Waals surface area contributed by atoms with Crippen LogP contribution in [0.2, 0.25) is 0 Å². The average molecular weight is 372 g/mol. The molecule has 5 nitrogen and oxygen atoms in total. The van der Waals surface area contributed by atoms with Crippen LogP contribution in [-0.4, -0.2) is 15.9 Å². The first kappa shape index (κ1) is 18.4. The number of carbonyl (C=O) groups excluding carboxylic acids is 1. The van der Waals surface area contributed by atoms with Crippen LogP contribution in [0.1, 0.15) is 21.6 Å². The Morgan fingerprint density at radius 2 is 1.78 bits per heavy atom. The number of hydrogen-bond acceptors (Lipinski definition) is 4. The van der Waals surface area contributed by atoms with Gasteiger partial charge in [0, 0.05) is 5.69 Å². The molecule has 27 heavy (non-hydrogen) atoms. The van der Waals surface area contributed by atoms with Gasteiger partial charge in [0.2, 0.25) is 0 Å². The highest BCUT2D eigenvalue weighted by Gasteiger charge is 2.33. The standard InChI is InChI=1S/C19H15F3N4O/c1-12-5-4-6-13(9-12)25-18(27)16-10-24-17(11-23-16)26-15-8-3-2-7-14(15)19(20,21)22/h2-11H,1H3,(H,24,26)(H,25,27). The number of rotatable bonds is 4. The second kappa shape index (κ2) is 7.45. The Hall–Kier alpha value is -3.42. The van der Waals surface area contributed by atoms with Gasteiger partial charge in [-0.2, -0.15) is 13.2 Å². The summed E-state index contributed by atoms with van der Waals surface area (Å²) in [4.78, 5) is 20.1. The van der Waals surface area contributed by atoms with Crippen molar-refractivity contribution in [3.8, 4) is 0 Å². The molecule has 0 atom stereocenters. The molecule has 0 saturated carbocycles. The van der Waals surface area contributed by atoms with Gasteiger partial charge >= 0.3 is 6.18 Å². The maximum absolute atomic E-state index is 13.0. The maximum atomic E-state index is 13.0. The molecular weight excluding hydrogens is 357 g/mol. The van der Waals surface area contributed by atoms with Crippen LogP contribution in [-0.2, 0) is 6.18 Å². The summed E-state index contributed by atoms with van der Waals surface area (Å²) in [6, 6.07) is 12.3. The summed E-state index contributed by atoms with van der Waals surface area (Å²) in [7, 11) is 0. The molecule has 138 valence electrons. The Bertz CT molecular complexity index is 956. The number of halogens is 3. The Morgan fingerprint density at radius 1 is 1.00 bits per heavy atom. The molecule has 0 bridgehead atoms. The minimum absolute atomic E-state index is 0.0474. The first-order valence-electron chi connectivity index (χ1n) is 7.96. The molecule has 1 heterocycles. The lowest BCUT2D eigenvalue weighted by atomic mass is 10.1. The van der Waals surface area contributed by atoms with Crippen LogP contribution < -0.4 is 10.6 Å². The highest BCUT2D eigenvalue weighted by Crippen LogP contribution is 2.35. The van der Waals surface area contributed by atoms with Gasteiger partial charge in [0.25, 0.3) is 5.91 Å². The van der Waals surface area contributed by atoms with E-state index in [1.165, 1.54) is 30.6 Å². The van der Waals surface area contributed by atoms with Crippen LogP contribution >= 0.6 is 0 Å². The fraction of sp³-hybridized carbons (Fsp3) is 0.105. The van der Waals surface area contributed by atoms with Gasteiger partial charge in [-0.05, 0) is 36.8 Å². The monoisotopic (exact) mass is 372 g/mol. The van der Waals surface area contributed by atoms with E-state index in [0.29, 0.717) is 5.69 Å². The van der Waals surface area contributed by atoms with Crippen molar-refractivity contribution in [3.05, 3.63) is 77.7 Å². The Balaban J connectivity index is 1.74. The first-order valence-corrected chi connectivity index (χ1v) is 7.96. The fourth-order valence-corrected chi connectivity index (χ4v) is 2.41. The lowest BCUT2D eigenvalue weighted by Crippen LogP contribution is -2.14. The summed E-state index contributed by atoms with van der Waals surface area (Å²) >= 11 is 0. The highest BCUT2D eigenvalue weighted by molar-refractivity contribution is 6.02. The quantitative estimate of drug-likeness (QED) is 0.690. The number of para-hydroxylation sites is 1. The zero-order valence-electron chi connectivity index (χ0n) is 14.2. The van der Waals surface area contributed by atoms with E-state index in [1.54, 1.807) is 12.1 Å². The summed E-state index contributed by atoms with van der Waals surface area (Å²) in [5, 5.41) is 5.26. The largest absolute Gasteiger partial charge is 0.418 e. The number of anilines is 3. The number of nitrogens with one attached hydrogen (secondary N) is 2. The third-order valence-corrected chi connectivity index (χ3v) is 3.66. The summed E-state index contributed by atoms with van der Waals surface area (Å²) < 4.78 is 39.1. The van der Waals surface area contributed by atoms with Crippen LogP contribution in [0, 0.1) is 6.92 Å². The summed E-state index contributed by atoms with van der Waals surface area (Å²) in [5.74, 6) is -0.367. The van der Waals surface area contributed by atoms with Gasteiger partial charge in [-0.3, -0.25) is 4.79 Å². The minimum atomic E-state index is -4.50. The highest BCUT2D eigenvalue weighted by atomic mass is 19.4. The summed E-state index contributed by atoms with van der Waals surface area (Å²) in [6.07, 6.45) is -2.09. The molecule has 1 aromatic heterocycles. The predicted molar refractivity (Wildman–Crippen MR) is 95.9 cm³/mol. The lowest BCUT2D eigenvalue weighted by molar-refractivity contribution is -0.136. The van der Waals surface area contributed by atoms with E-state index < -0.39 is 17.6 Å². The molecule has 1 amide bonds. The van der Waals surface area contributed by atoms with Gasteiger partial charge in [0.05, 0.1) is 23.6 Å². The van der Waals surface area contributed by atoms with Crippen molar-refractivity contribution < 1.29 is 18.0 Å². The number of benzene rings is 2. The molecule has 0 spiro atoms. The molecule has 2 aromatic carbocycles. The number of aryl methyl sites for hydroxylation is 1. The van der Waals surface area contributed by atoms with Crippen LogP contribution in [0.3, 0.4) is 0 Å². The van der Waals surface area contributed by atoms with Crippen molar-refractivity contribution in [2.45, 2.75) is 13.1 Å². The Labute approximate surface area is 153 Å². The molecular formula is C19H15F3N4O. The second-order valence-electron chi connectivity index (χ2n) is 5.78. The molecule has 0 unspecified atom stereocenters. The minimum Gasteiger partial charge on any atom is -0.338 e. The van der Waals surface area contributed by atoms with E-state index in [-0.39, 0.29) is 17.2 Å². The second-order valence-corrected chi connectivity index (χ2v) is 5.78. The van der Waals surface area contributed by atoms with E-state index in [1.807, 2.05) is 19.1 Å². The van der Waals surface area contributed by atoms with Gasteiger partial charge in [0.15, 0.2) is 0 Å². The van der Waals surface area contributed by atoms with E-state index >= 15 is 0 Å². The number of nitrogens with zero attached hydrogens (tertiary/aromatic N) is 2. The SMILES string of the molecule is Cc1cccc(NC(=O)c2cnc(Nc3ccccc3C(F)(F)F)cn2)c1. The lowest BCUT2D eigenvalue weighted by Gasteiger charge is -2.13. The van der Waals surface area contributed by atoms with Crippen molar-refractivity contribution in [1.29, 1.82) is 0 Å². The van der Waals surface area contributed by atoms with Crippen molar-refractivity contribution in [2.24, 2.45) is 0 Å². The van der Waals surface area contributed by atoms with Gasteiger partial charge in [-0.15, -0.1) is 0 Å². The Kier molecular flexibility index (Phi) is 5.07. The maximum Gasteiger partial charge on any atom is 0.418 e. The van der Waals surface area contributed by atoms with Gasteiger partial charge in [0.1, 0.15) is 11.5 Å². The summed E-state index contributed by atoms with van der Waals surface area (Å²) in [6.45, 7) is 1.90. The molecule has 3 aromatic rings. The van der Waals surface area contributed by atoms with Crippen LogP contribution in [0.4, 0.5) is 30.4 Å². The number of hydrogen-bond donors (Lipinski definition) is 2. The van der Waals surface area contributed by atoms with E-state index in [0.717, 1.165) is 11.6 Å². The smallest absolute Gasteiger partial charge is 0.338 e.